The molecule has 101 heavy (non-hydrogen) atoms. The van der Waals surface area contributed by atoms with Crippen LogP contribution in [0, 0.1) is 23.7 Å². The van der Waals surface area contributed by atoms with E-state index in [4.69, 9.17) is 0 Å². The minimum Gasteiger partial charge on any atom is -0.394 e. The number of rotatable bonds is 36. The third kappa shape index (κ3) is 31.4. The Balaban J connectivity index is 1.76. The molecule has 560 valence electrons. The maximum Gasteiger partial charge on any atom is 0.278 e. The van der Waals surface area contributed by atoms with E-state index < -0.39 is 208 Å². The molecule has 4 rings (SSSR count). The van der Waals surface area contributed by atoms with Crippen molar-refractivity contribution in [2.75, 3.05) is 78.3 Å². The van der Waals surface area contributed by atoms with Crippen molar-refractivity contribution < 1.29 is 88.9 Å². The summed E-state index contributed by atoms with van der Waals surface area (Å²) in [6.45, 7) is 4.87. The van der Waals surface area contributed by atoms with Gasteiger partial charge in [-0.25, -0.2) is 0 Å². The van der Waals surface area contributed by atoms with Crippen molar-refractivity contribution in [3.05, 3.63) is 90.1 Å². The molecule has 17 N–H and O–H groups in total. The van der Waals surface area contributed by atoms with Crippen LogP contribution in [0.3, 0.4) is 0 Å². The first-order valence-corrected chi connectivity index (χ1v) is 36.7. The average molecular weight is 1460 g/mol. The fourth-order valence-corrected chi connectivity index (χ4v) is 11.8. The zero-order chi connectivity index (χ0) is 74.8. The van der Waals surface area contributed by atoms with E-state index in [-0.39, 0.29) is 76.3 Å². The van der Waals surface area contributed by atoms with Crippen LogP contribution in [0.4, 0.5) is 0 Å². The lowest BCUT2D eigenvalue weighted by Crippen LogP contribution is -2.60. The topological polar surface area (TPSA) is 506 Å². The summed E-state index contributed by atoms with van der Waals surface area (Å²) in [6.07, 6.45) is -3.26. The highest BCUT2D eigenvalue weighted by atomic mass is 32.2. The van der Waals surface area contributed by atoms with Gasteiger partial charge in [0.05, 0.1) is 30.4 Å². The van der Waals surface area contributed by atoms with E-state index in [1.807, 2.05) is 0 Å². The van der Waals surface area contributed by atoms with Crippen LogP contribution >= 0.6 is 0 Å². The van der Waals surface area contributed by atoms with Crippen molar-refractivity contribution in [2.45, 2.75) is 140 Å². The molecule has 33 nitrogen and oxygen atoms in total. The molecule has 8 amide bonds. The van der Waals surface area contributed by atoms with Crippen LogP contribution < -0.4 is 69.1 Å². The van der Waals surface area contributed by atoms with Crippen LogP contribution in [-0.4, -0.2) is 232 Å². The molecule has 1 aliphatic rings. The predicted octanol–water partition coefficient (Wildman–Crippen LogP) is -2.86. The summed E-state index contributed by atoms with van der Waals surface area (Å²) in [6, 6.07) is 9.39. The number of aliphatic hydroxyl groups is 2. The Morgan fingerprint density at radius 1 is 0.644 bits per heavy atom. The van der Waals surface area contributed by atoms with E-state index >= 15 is 0 Å². The lowest BCUT2D eigenvalue weighted by Gasteiger charge is -2.28. The third-order valence-corrected chi connectivity index (χ3v) is 17.5. The van der Waals surface area contributed by atoms with Crippen LogP contribution in [-0.2, 0) is 74.6 Å². The summed E-state index contributed by atoms with van der Waals surface area (Å²) in [5.41, 5.74) is 1.90. The highest BCUT2D eigenvalue weighted by Crippen LogP contribution is 2.23. The summed E-state index contributed by atoms with van der Waals surface area (Å²) in [7, 11) is -6.07. The second-order valence-corrected chi connectivity index (χ2v) is 28.1. The van der Waals surface area contributed by atoms with Crippen molar-refractivity contribution in [1.82, 2.24) is 74.1 Å². The SMILES string of the molecule is CCNCC[C@@H]1NC(=O)[C@H](CC(C)C)CC(=O)[C@@H](Cc2ccccc2)NC(=O)[C@H](CCNC)NC(=O)[C@@H](NC(=O)[C@H](CNC)CC(=O)[C@H](CO)NC(=O)[C@H](CCNCS(=O)(=O)O)CC(=O)c2ccnc(-c3ccccc3)c2)CCNC(=O)[C@H]([C@@H](C)O)NC(=O)[C@H](CCNCS(=O)(=O)O)NC1=O. The molecule has 0 spiro atoms. The highest BCUT2D eigenvalue weighted by Gasteiger charge is 2.38. The molecule has 1 aromatic heterocycles. The number of carbonyl (C=O) groups excluding carboxylic acids is 11. The number of Topliss-reactive ketones (excluding diaryl/α,β-unsaturated/α-hetero) is 3. The van der Waals surface area contributed by atoms with E-state index in [1.165, 1.54) is 25.4 Å². The van der Waals surface area contributed by atoms with Gasteiger partial charge >= 0.3 is 0 Å². The molecule has 2 aromatic carbocycles. The molecule has 1 fully saturated rings. The van der Waals surface area contributed by atoms with Gasteiger partial charge in [-0.1, -0.05) is 81.4 Å². The molecule has 2 heterocycles. The highest BCUT2D eigenvalue weighted by molar-refractivity contribution is 7.85. The fourth-order valence-electron chi connectivity index (χ4n) is 11.0. The first-order chi connectivity index (χ1) is 47.9. The number of carbonyl (C=O) groups is 11. The zero-order valence-corrected chi connectivity index (χ0v) is 59.4. The molecular formula is C66H100N14O19S2. The second-order valence-electron chi connectivity index (χ2n) is 25.2. The Morgan fingerprint density at radius 2 is 1.21 bits per heavy atom. The second kappa shape index (κ2) is 43.6. The van der Waals surface area contributed by atoms with Crippen molar-refractivity contribution in [3.63, 3.8) is 0 Å². The first-order valence-electron chi connectivity index (χ1n) is 33.5. The van der Waals surface area contributed by atoms with E-state index in [9.17, 15) is 88.9 Å². The monoisotopic (exact) mass is 1460 g/mol. The normalized spacial score (nSPS) is 20.9. The van der Waals surface area contributed by atoms with Crippen LogP contribution in [0.5, 0.6) is 0 Å². The number of ketones is 3. The minimum atomic E-state index is -4.57. The predicted molar refractivity (Wildman–Crippen MR) is 372 cm³/mol. The van der Waals surface area contributed by atoms with Gasteiger partial charge in [0.25, 0.3) is 20.2 Å². The largest absolute Gasteiger partial charge is 0.394 e. The lowest BCUT2D eigenvalue weighted by atomic mass is 9.88. The number of pyridine rings is 1. The van der Waals surface area contributed by atoms with E-state index in [2.05, 4.69) is 74.1 Å². The molecular weight excluding hydrogens is 1360 g/mol. The summed E-state index contributed by atoms with van der Waals surface area (Å²) in [5.74, 6) is -15.5. The van der Waals surface area contributed by atoms with Gasteiger partial charge in [0.15, 0.2) is 17.3 Å². The van der Waals surface area contributed by atoms with Crippen LogP contribution in [0.25, 0.3) is 11.3 Å². The van der Waals surface area contributed by atoms with Crippen molar-refractivity contribution >= 4 is 84.8 Å². The van der Waals surface area contributed by atoms with Crippen molar-refractivity contribution in [1.29, 1.82) is 0 Å². The molecule has 0 radical (unpaired) electrons. The smallest absolute Gasteiger partial charge is 0.278 e. The first kappa shape index (κ1) is 85.3. The Labute approximate surface area is 588 Å². The Bertz CT molecular complexity index is 3470. The molecule has 3 aromatic rings. The number of hydrogen-bond acceptors (Lipinski definition) is 23. The Kier molecular flexibility index (Phi) is 36.9. The summed E-state index contributed by atoms with van der Waals surface area (Å²) < 4.78 is 65.0. The summed E-state index contributed by atoms with van der Waals surface area (Å²) in [4.78, 5) is 163. The number of nitrogens with one attached hydrogen (secondary N) is 13. The van der Waals surface area contributed by atoms with Gasteiger partial charge in [-0.05, 0) is 122 Å². The molecule has 0 saturated carbocycles. The average Bonchev–Trinajstić information content (AvgIpc) is 1.15. The van der Waals surface area contributed by atoms with Crippen LogP contribution in [0.15, 0.2) is 79.0 Å². The van der Waals surface area contributed by atoms with Gasteiger partial charge in [-0.15, -0.1) is 0 Å². The standard InChI is InChI=1S/C66H100N14O19S2/c1-7-69-26-21-49-62(89)77-50(22-27-71-39-101(97,98)99)65(92)80-58(41(4)82)66(93)73-29-23-51(63(90)76-48(20-24-67-5)64(91)78-53(31-42-14-10-8-11-15-42)56(84)34-46(30-40(2)3)60(87)74-49)75-61(88)47(36-68-6)35-57(85)54(37-81)79-59(86)45(18-25-70-38-100(94,95)96)33-55(83)44-19-28-72-52(32-44)43-16-12-9-13-17-43/h8-17,19,28,32,40-41,45-51,53-54,58,67-71,81-82H,7,18,20-27,29-31,33-39H2,1-6H3,(H,73,93)(H,74,87)(H,75,88)(H,76,90)(H,77,89)(H,78,91)(H,79,86)(H,80,92)(H,94,95,96)(H,97,98,99)/t41-,45-,46-,47+,48+,49+,50+,51+,53-,54+,58+/m1/s1. The maximum atomic E-state index is 14.9. The van der Waals surface area contributed by atoms with Gasteiger partial charge in [0, 0.05) is 61.5 Å². The number of amides is 8. The van der Waals surface area contributed by atoms with E-state index in [1.54, 1.807) is 88.5 Å². The quantitative estimate of drug-likeness (QED) is 0.0158. The van der Waals surface area contributed by atoms with Crippen molar-refractivity contribution in [3.8, 4) is 11.3 Å². The number of nitrogens with zero attached hydrogens (tertiary/aromatic N) is 1. The molecule has 0 unspecified atom stereocenters. The number of aliphatic hydroxyl groups excluding tert-OH is 2. The van der Waals surface area contributed by atoms with Gasteiger partial charge in [-0.3, -0.25) is 66.8 Å². The Morgan fingerprint density at radius 3 is 1.78 bits per heavy atom. The molecule has 11 atom stereocenters. The lowest BCUT2D eigenvalue weighted by molar-refractivity contribution is -0.136. The van der Waals surface area contributed by atoms with E-state index in [0.717, 1.165) is 6.92 Å². The number of benzene rings is 2. The number of aromatic nitrogens is 1. The summed E-state index contributed by atoms with van der Waals surface area (Å²) >= 11 is 0. The maximum absolute atomic E-state index is 14.9. The third-order valence-electron chi connectivity index (χ3n) is 16.4. The molecule has 0 bridgehead atoms. The number of hydrogen-bond donors (Lipinski definition) is 17. The fraction of sp³-hybridized carbons (Fsp3) is 0.576. The van der Waals surface area contributed by atoms with Gasteiger partial charge in [0.2, 0.25) is 47.3 Å². The molecule has 0 aliphatic carbocycles. The zero-order valence-electron chi connectivity index (χ0n) is 57.8. The van der Waals surface area contributed by atoms with Gasteiger partial charge in [-0.2, -0.15) is 16.8 Å². The molecule has 1 aliphatic heterocycles. The van der Waals surface area contributed by atoms with Gasteiger partial charge in [0.1, 0.15) is 48.0 Å². The molecule has 35 heteroatoms. The minimum absolute atomic E-state index is 0.0570. The summed E-state index contributed by atoms with van der Waals surface area (Å²) in [5, 5.41) is 56.0. The van der Waals surface area contributed by atoms with Crippen LogP contribution in [0.1, 0.15) is 101 Å². The Hall–Kier alpha value is -8.10. The van der Waals surface area contributed by atoms with Crippen molar-refractivity contribution in [2.24, 2.45) is 23.7 Å². The molecule has 1 saturated heterocycles. The van der Waals surface area contributed by atoms with Crippen LogP contribution in [0.2, 0.25) is 0 Å². The van der Waals surface area contributed by atoms with Gasteiger partial charge < -0.3 is 79.3 Å². The van der Waals surface area contributed by atoms with E-state index in [0.29, 0.717) is 23.4 Å².